The summed E-state index contributed by atoms with van der Waals surface area (Å²) in [6, 6.07) is 6.48. The minimum Gasteiger partial charge on any atom is -0.377 e. The van der Waals surface area contributed by atoms with E-state index in [2.05, 4.69) is 15.9 Å². The van der Waals surface area contributed by atoms with Crippen LogP contribution in [-0.4, -0.2) is 41.9 Å². The van der Waals surface area contributed by atoms with Gasteiger partial charge in [0.05, 0.1) is 24.1 Å². The van der Waals surface area contributed by atoms with Gasteiger partial charge in [0.1, 0.15) is 5.82 Å². The number of hydrogen-bond donors (Lipinski definition) is 0. The first-order valence-electron chi connectivity index (χ1n) is 6.33. The average molecular weight is 358 g/mol. The van der Waals surface area contributed by atoms with E-state index in [4.69, 9.17) is 4.74 Å². The van der Waals surface area contributed by atoms with E-state index in [0.29, 0.717) is 30.0 Å². The van der Waals surface area contributed by atoms with Crippen LogP contribution in [0.1, 0.15) is 9.67 Å². The summed E-state index contributed by atoms with van der Waals surface area (Å²) in [7, 11) is 0. The molecular weight excluding hydrogens is 345 g/mol. The van der Waals surface area contributed by atoms with Gasteiger partial charge in [0.15, 0.2) is 0 Å². The molecule has 0 N–H and O–H groups in total. The summed E-state index contributed by atoms with van der Waals surface area (Å²) in [6.45, 7) is 1.71. The predicted molar refractivity (Wildman–Crippen MR) is 81.2 cm³/mol. The first-order chi connectivity index (χ1) is 9.69. The van der Waals surface area contributed by atoms with E-state index >= 15 is 0 Å². The van der Waals surface area contributed by atoms with Crippen LogP contribution in [0.2, 0.25) is 0 Å². The van der Waals surface area contributed by atoms with Crippen molar-refractivity contribution >= 4 is 43.3 Å². The first kappa shape index (κ1) is 14.0. The SMILES string of the molecule is O=C(c1cc2ccc(F)cc2s1)N1CCOCC1CBr. The van der Waals surface area contributed by atoms with Gasteiger partial charge in [0, 0.05) is 16.6 Å². The molecule has 1 aliphatic rings. The topological polar surface area (TPSA) is 29.5 Å². The zero-order valence-electron chi connectivity index (χ0n) is 10.6. The molecule has 3 nitrogen and oxygen atoms in total. The number of benzene rings is 1. The molecule has 1 amide bonds. The number of carbonyl (C=O) groups is 1. The Morgan fingerprint density at radius 1 is 1.50 bits per heavy atom. The number of nitrogens with zero attached hydrogens (tertiary/aromatic N) is 1. The molecule has 1 aliphatic heterocycles. The molecule has 1 atom stereocenters. The number of amides is 1. The molecule has 1 saturated heterocycles. The maximum atomic E-state index is 13.2. The van der Waals surface area contributed by atoms with E-state index in [1.54, 1.807) is 6.07 Å². The molecule has 1 fully saturated rings. The highest BCUT2D eigenvalue weighted by Crippen LogP contribution is 2.28. The van der Waals surface area contributed by atoms with E-state index in [-0.39, 0.29) is 17.8 Å². The fourth-order valence-corrected chi connectivity index (χ4v) is 3.88. The van der Waals surface area contributed by atoms with Gasteiger partial charge in [-0.15, -0.1) is 11.3 Å². The minimum atomic E-state index is -0.275. The van der Waals surface area contributed by atoms with Crippen LogP contribution < -0.4 is 0 Å². The standard InChI is InChI=1S/C14H13BrFNO2S/c15-7-11-8-19-4-3-17(11)14(18)13-5-9-1-2-10(16)6-12(9)20-13/h1-2,5-6,11H,3-4,7-8H2. The molecule has 106 valence electrons. The molecule has 2 aromatic rings. The van der Waals surface area contributed by atoms with Crippen LogP contribution in [-0.2, 0) is 4.74 Å². The Hall–Kier alpha value is -0.980. The molecule has 20 heavy (non-hydrogen) atoms. The number of ether oxygens (including phenoxy) is 1. The summed E-state index contributed by atoms with van der Waals surface area (Å²) in [5.41, 5.74) is 0. The summed E-state index contributed by atoms with van der Waals surface area (Å²) >= 11 is 4.75. The third-order valence-corrected chi connectivity index (χ3v) is 5.19. The van der Waals surface area contributed by atoms with E-state index in [1.165, 1.54) is 23.5 Å². The van der Waals surface area contributed by atoms with Gasteiger partial charge in [-0.25, -0.2) is 4.39 Å². The Labute approximate surface area is 128 Å². The maximum Gasteiger partial charge on any atom is 0.264 e. The Bertz CT molecular complexity index is 645. The number of alkyl halides is 1. The smallest absolute Gasteiger partial charge is 0.264 e. The molecule has 0 aliphatic carbocycles. The zero-order chi connectivity index (χ0) is 14.1. The molecule has 1 unspecified atom stereocenters. The molecule has 2 heterocycles. The van der Waals surface area contributed by atoms with Crippen LogP contribution >= 0.6 is 27.3 Å². The van der Waals surface area contributed by atoms with Crippen molar-refractivity contribution < 1.29 is 13.9 Å². The average Bonchev–Trinajstić information content (AvgIpc) is 2.89. The Kier molecular flexibility index (Phi) is 4.05. The third-order valence-electron chi connectivity index (χ3n) is 3.36. The van der Waals surface area contributed by atoms with Gasteiger partial charge in [-0.05, 0) is 23.6 Å². The van der Waals surface area contributed by atoms with Gasteiger partial charge in [0.2, 0.25) is 0 Å². The minimum absolute atomic E-state index is 0.000594. The van der Waals surface area contributed by atoms with Gasteiger partial charge in [-0.3, -0.25) is 4.79 Å². The quantitative estimate of drug-likeness (QED) is 0.772. The van der Waals surface area contributed by atoms with Crippen LogP contribution in [0.25, 0.3) is 10.1 Å². The van der Waals surface area contributed by atoms with Gasteiger partial charge in [-0.1, -0.05) is 22.0 Å². The highest BCUT2D eigenvalue weighted by molar-refractivity contribution is 9.09. The molecule has 0 saturated carbocycles. The first-order valence-corrected chi connectivity index (χ1v) is 8.26. The molecule has 6 heteroatoms. The third kappa shape index (κ3) is 2.60. The number of halogens is 2. The van der Waals surface area contributed by atoms with Crippen LogP contribution in [0.5, 0.6) is 0 Å². The maximum absolute atomic E-state index is 13.2. The number of hydrogen-bond acceptors (Lipinski definition) is 3. The number of thiophene rings is 1. The van der Waals surface area contributed by atoms with Crippen molar-refractivity contribution in [3.05, 3.63) is 35.0 Å². The van der Waals surface area contributed by atoms with Crippen molar-refractivity contribution in [1.29, 1.82) is 0 Å². The van der Waals surface area contributed by atoms with E-state index in [9.17, 15) is 9.18 Å². The van der Waals surface area contributed by atoms with Crippen LogP contribution in [0.4, 0.5) is 4.39 Å². The van der Waals surface area contributed by atoms with Crippen molar-refractivity contribution in [2.24, 2.45) is 0 Å². The van der Waals surface area contributed by atoms with Gasteiger partial charge >= 0.3 is 0 Å². The molecular formula is C14H13BrFNO2S. The van der Waals surface area contributed by atoms with E-state index in [0.717, 1.165) is 10.1 Å². The summed E-state index contributed by atoms with van der Waals surface area (Å²) in [6.07, 6.45) is 0. The molecule has 0 spiro atoms. The molecule has 1 aromatic carbocycles. The lowest BCUT2D eigenvalue weighted by Gasteiger charge is -2.34. The summed E-state index contributed by atoms with van der Waals surface area (Å²) in [4.78, 5) is 15.1. The number of fused-ring (bicyclic) bond motifs is 1. The van der Waals surface area contributed by atoms with Gasteiger partial charge in [0.25, 0.3) is 5.91 Å². The Balaban J connectivity index is 1.91. The van der Waals surface area contributed by atoms with Crippen molar-refractivity contribution in [2.45, 2.75) is 6.04 Å². The normalized spacial score (nSPS) is 19.5. The van der Waals surface area contributed by atoms with Crippen molar-refractivity contribution in [1.82, 2.24) is 4.90 Å². The van der Waals surface area contributed by atoms with Crippen LogP contribution in [0.15, 0.2) is 24.3 Å². The number of rotatable bonds is 2. The Morgan fingerprint density at radius 2 is 2.35 bits per heavy atom. The van der Waals surface area contributed by atoms with Crippen molar-refractivity contribution in [3.63, 3.8) is 0 Å². The summed E-state index contributed by atoms with van der Waals surface area (Å²) in [5, 5.41) is 1.60. The molecule has 0 bridgehead atoms. The largest absolute Gasteiger partial charge is 0.377 e. The summed E-state index contributed by atoms with van der Waals surface area (Å²) < 4.78 is 19.4. The van der Waals surface area contributed by atoms with Crippen molar-refractivity contribution in [3.8, 4) is 0 Å². The lowest BCUT2D eigenvalue weighted by Crippen LogP contribution is -2.49. The second-order valence-electron chi connectivity index (χ2n) is 4.67. The summed E-state index contributed by atoms with van der Waals surface area (Å²) in [5.74, 6) is -0.276. The van der Waals surface area contributed by atoms with Crippen molar-refractivity contribution in [2.75, 3.05) is 25.1 Å². The lowest BCUT2D eigenvalue weighted by atomic mass is 10.2. The number of carbonyl (C=O) groups excluding carboxylic acids is 1. The molecule has 0 radical (unpaired) electrons. The predicted octanol–water partition coefficient (Wildman–Crippen LogP) is 3.28. The zero-order valence-corrected chi connectivity index (χ0v) is 13.0. The highest BCUT2D eigenvalue weighted by Gasteiger charge is 2.28. The second-order valence-corrected chi connectivity index (χ2v) is 6.41. The fourth-order valence-electron chi connectivity index (χ4n) is 2.30. The second kappa shape index (κ2) is 5.79. The van der Waals surface area contributed by atoms with Gasteiger partial charge < -0.3 is 9.64 Å². The fraction of sp³-hybridized carbons (Fsp3) is 0.357. The monoisotopic (exact) mass is 357 g/mol. The van der Waals surface area contributed by atoms with E-state index in [1.807, 2.05) is 11.0 Å². The van der Waals surface area contributed by atoms with Crippen LogP contribution in [0.3, 0.4) is 0 Å². The van der Waals surface area contributed by atoms with Crippen LogP contribution in [0, 0.1) is 5.82 Å². The van der Waals surface area contributed by atoms with E-state index < -0.39 is 0 Å². The van der Waals surface area contributed by atoms with Gasteiger partial charge in [-0.2, -0.15) is 0 Å². The molecule has 1 aromatic heterocycles. The Morgan fingerprint density at radius 3 is 3.15 bits per heavy atom. The number of morpholine rings is 1. The lowest BCUT2D eigenvalue weighted by molar-refractivity contribution is 0.00553. The molecule has 3 rings (SSSR count). The highest BCUT2D eigenvalue weighted by atomic mass is 79.9.